The van der Waals surface area contributed by atoms with Gasteiger partial charge in [0.1, 0.15) is 0 Å². The largest absolute Gasteiger partial charge is 0.338 e. The van der Waals surface area contributed by atoms with E-state index >= 15 is 0 Å². The number of amides is 2. The molecule has 0 saturated carbocycles. The Morgan fingerprint density at radius 2 is 1.60 bits per heavy atom. The van der Waals surface area contributed by atoms with Gasteiger partial charge in [0.25, 0.3) is 5.91 Å². The first kappa shape index (κ1) is 21.3. The number of piperidine rings is 1. The topological polar surface area (TPSA) is 40.6 Å². The molecule has 0 bridgehead atoms. The molecular weight excluding hydrogens is 416 g/mol. The van der Waals surface area contributed by atoms with E-state index in [0.29, 0.717) is 23.9 Å². The minimum Gasteiger partial charge on any atom is -0.338 e. The number of nitrogens with zero attached hydrogens (tertiary/aromatic N) is 2. The van der Waals surface area contributed by atoms with Crippen LogP contribution in [-0.4, -0.2) is 40.4 Å². The normalized spacial score (nSPS) is 18.9. The molecule has 0 unspecified atom stereocenters. The molecule has 4 rings (SSSR count). The number of carbonyl (C=O) groups is 2. The lowest BCUT2D eigenvalue weighted by Gasteiger charge is -2.44. The maximum Gasteiger partial charge on any atom is 0.253 e. The van der Waals surface area contributed by atoms with Gasteiger partial charge in [-0.15, -0.1) is 11.8 Å². The predicted molar refractivity (Wildman–Crippen MR) is 124 cm³/mol. The van der Waals surface area contributed by atoms with Crippen molar-refractivity contribution in [1.82, 2.24) is 4.90 Å². The molecule has 2 heterocycles. The summed E-state index contributed by atoms with van der Waals surface area (Å²) in [6, 6.07) is 15.4. The van der Waals surface area contributed by atoms with Crippen LogP contribution in [0.2, 0.25) is 5.02 Å². The molecule has 2 aliphatic rings. The van der Waals surface area contributed by atoms with E-state index in [1.807, 2.05) is 58.3 Å². The van der Waals surface area contributed by atoms with Crippen LogP contribution in [0.1, 0.15) is 49.5 Å². The average molecular weight is 443 g/mol. The minimum absolute atomic E-state index is 0.0659. The Balaban J connectivity index is 1.48. The number of benzene rings is 2. The van der Waals surface area contributed by atoms with Crippen LogP contribution in [0.15, 0.2) is 48.5 Å². The summed E-state index contributed by atoms with van der Waals surface area (Å²) in [4.78, 5) is 29.3. The van der Waals surface area contributed by atoms with Gasteiger partial charge in [-0.25, -0.2) is 0 Å². The van der Waals surface area contributed by atoms with E-state index in [2.05, 4.69) is 20.8 Å². The summed E-state index contributed by atoms with van der Waals surface area (Å²) >= 11 is 7.73. The highest BCUT2D eigenvalue weighted by atomic mass is 35.5. The highest BCUT2D eigenvalue weighted by Gasteiger charge is 2.49. The molecule has 2 aromatic rings. The monoisotopic (exact) mass is 442 g/mol. The number of carbonyl (C=O) groups excluding carboxylic acids is 2. The second-order valence-corrected chi connectivity index (χ2v) is 10.8. The lowest BCUT2D eigenvalue weighted by molar-refractivity contribution is -0.116. The predicted octanol–water partition coefficient (Wildman–Crippen LogP) is 5.35. The van der Waals surface area contributed by atoms with Crippen molar-refractivity contribution in [2.45, 2.75) is 43.9 Å². The van der Waals surface area contributed by atoms with Gasteiger partial charge in [-0.1, -0.05) is 44.5 Å². The van der Waals surface area contributed by atoms with Crippen molar-refractivity contribution in [2.24, 2.45) is 0 Å². The van der Waals surface area contributed by atoms with E-state index in [0.717, 1.165) is 24.1 Å². The highest BCUT2D eigenvalue weighted by molar-refractivity contribution is 8.02. The molecule has 30 heavy (non-hydrogen) atoms. The van der Waals surface area contributed by atoms with E-state index in [9.17, 15) is 9.59 Å². The SMILES string of the molecule is CC(C)(C)c1ccc(C(=O)N2CCC3(CC2)SCC(=O)N3c2ccc(Cl)cc2)cc1. The molecule has 2 fully saturated rings. The molecule has 2 aromatic carbocycles. The maximum absolute atomic E-state index is 13.0. The Kier molecular flexibility index (Phi) is 5.62. The van der Waals surface area contributed by atoms with Crippen molar-refractivity contribution >= 4 is 40.9 Å². The first-order valence-corrected chi connectivity index (χ1v) is 11.7. The fourth-order valence-corrected chi connectivity index (χ4v) is 5.70. The first-order chi connectivity index (χ1) is 14.2. The third kappa shape index (κ3) is 3.97. The second-order valence-electron chi connectivity index (χ2n) is 9.06. The van der Waals surface area contributed by atoms with Crippen LogP contribution < -0.4 is 4.90 Å². The molecule has 158 valence electrons. The van der Waals surface area contributed by atoms with Crippen LogP contribution >= 0.6 is 23.4 Å². The number of likely N-dealkylation sites (tertiary alicyclic amines) is 1. The molecule has 2 aliphatic heterocycles. The zero-order chi connectivity index (χ0) is 21.5. The number of hydrogen-bond donors (Lipinski definition) is 0. The third-order valence-electron chi connectivity index (χ3n) is 6.04. The quantitative estimate of drug-likeness (QED) is 0.629. The minimum atomic E-state index is -0.280. The molecule has 4 nitrogen and oxygen atoms in total. The maximum atomic E-state index is 13.0. The molecule has 2 amide bonds. The van der Waals surface area contributed by atoms with Crippen molar-refractivity contribution in [3.63, 3.8) is 0 Å². The van der Waals surface area contributed by atoms with Gasteiger partial charge in [-0.3, -0.25) is 14.5 Å². The van der Waals surface area contributed by atoms with Gasteiger partial charge in [0.05, 0.1) is 10.6 Å². The Labute approximate surface area is 187 Å². The van der Waals surface area contributed by atoms with Crippen LogP contribution in [0.25, 0.3) is 0 Å². The van der Waals surface area contributed by atoms with Gasteiger partial charge in [-0.05, 0) is 60.2 Å². The van der Waals surface area contributed by atoms with Gasteiger partial charge < -0.3 is 4.90 Å². The van der Waals surface area contributed by atoms with Gasteiger partial charge in [0, 0.05) is 29.4 Å². The fraction of sp³-hybridized carbons (Fsp3) is 0.417. The van der Waals surface area contributed by atoms with Crippen molar-refractivity contribution in [1.29, 1.82) is 0 Å². The molecule has 0 aliphatic carbocycles. The van der Waals surface area contributed by atoms with Crippen molar-refractivity contribution in [2.75, 3.05) is 23.7 Å². The number of halogens is 1. The van der Waals surface area contributed by atoms with Gasteiger partial charge >= 0.3 is 0 Å². The van der Waals surface area contributed by atoms with E-state index in [-0.39, 0.29) is 22.1 Å². The van der Waals surface area contributed by atoms with E-state index in [1.165, 1.54) is 5.56 Å². The summed E-state index contributed by atoms with van der Waals surface area (Å²) in [5.74, 6) is 0.669. The first-order valence-electron chi connectivity index (χ1n) is 10.3. The Morgan fingerprint density at radius 1 is 1.00 bits per heavy atom. The summed E-state index contributed by atoms with van der Waals surface area (Å²) < 4.78 is 0. The molecule has 6 heteroatoms. The zero-order valence-electron chi connectivity index (χ0n) is 17.7. The third-order valence-corrected chi connectivity index (χ3v) is 7.81. The summed E-state index contributed by atoms with van der Waals surface area (Å²) in [5.41, 5.74) is 2.89. The Hall–Kier alpha value is -1.98. The van der Waals surface area contributed by atoms with Gasteiger partial charge in [-0.2, -0.15) is 0 Å². The van der Waals surface area contributed by atoms with E-state index in [1.54, 1.807) is 11.8 Å². The lowest BCUT2D eigenvalue weighted by Crippen LogP contribution is -2.53. The van der Waals surface area contributed by atoms with Crippen molar-refractivity contribution in [3.8, 4) is 0 Å². The van der Waals surface area contributed by atoms with Gasteiger partial charge in [0.15, 0.2) is 0 Å². The van der Waals surface area contributed by atoms with Crippen molar-refractivity contribution in [3.05, 3.63) is 64.7 Å². The standard InChI is InChI=1S/C24H27ClN2O2S/c1-23(2,3)18-6-4-17(5-7-18)22(29)26-14-12-24(13-15-26)27(21(28)16-30-24)20-10-8-19(25)9-11-20/h4-11H,12-16H2,1-3H3. The molecule has 0 aromatic heterocycles. The summed E-state index contributed by atoms with van der Waals surface area (Å²) in [6.07, 6.45) is 1.52. The van der Waals surface area contributed by atoms with Crippen LogP contribution in [-0.2, 0) is 10.2 Å². The Bertz CT molecular complexity index is 943. The second kappa shape index (κ2) is 7.93. The van der Waals surface area contributed by atoms with Crippen LogP contribution in [0.3, 0.4) is 0 Å². The highest BCUT2D eigenvalue weighted by Crippen LogP contribution is 2.47. The molecule has 1 spiro atoms. The summed E-state index contributed by atoms with van der Waals surface area (Å²) in [5, 5.41) is 0.657. The Morgan fingerprint density at radius 3 is 2.17 bits per heavy atom. The fourth-order valence-electron chi connectivity index (χ4n) is 4.24. The number of anilines is 1. The summed E-state index contributed by atoms with van der Waals surface area (Å²) in [7, 11) is 0. The van der Waals surface area contributed by atoms with E-state index < -0.39 is 0 Å². The molecule has 0 N–H and O–H groups in total. The number of rotatable bonds is 2. The van der Waals surface area contributed by atoms with E-state index in [4.69, 9.17) is 11.6 Å². The smallest absolute Gasteiger partial charge is 0.253 e. The number of hydrogen-bond acceptors (Lipinski definition) is 3. The molecule has 2 saturated heterocycles. The molecule has 0 radical (unpaired) electrons. The lowest BCUT2D eigenvalue weighted by atomic mass is 9.86. The molecular formula is C24H27ClN2O2S. The summed E-state index contributed by atoms with van der Waals surface area (Å²) in [6.45, 7) is 7.79. The number of thioether (sulfide) groups is 1. The van der Waals surface area contributed by atoms with Gasteiger partial charge in [0.2, 0.25) is 5.91 Å². The van der Waals surface area contributed by atoms with Crippen LogP contribution in [0.5, 0.6) is 0 Å². The molecule has 0 atom stereocenters. The zero-order valence-corrected chi connectivity index (χ0v) is 19.2. The van der Waals surface area contributed by atoms with Crippen LogP contribution in [0.4, 0.5) is 5.69 Å². The average Bonchev–Trinajstić information content (AvgIpc) is 3.04. The van der Waals surface area contributed by atoms with Crippen molar-refractivity contribution < 1.29 is 9.59 Å². The van der Waals surface area contributed by atoms with Crippen LogP contribution in [0, 0.1) is 0 Å².